The highest BCUT2D eigenvalue weighted by Gasteiger charge is 2.35. The molecule has 0 spiro atoms. The van der Waals surface area contributed by atoms with E-state index in [1.807, 2.05) is 24.3 Å². The van der Waals surface area contributed by atoms with Gasteiger partial charge in [-0.25, -0.2) is 0 Å². The molecule has 0 bridgehead atoms. The molecule has 3 rings (SSSR count). The molecule has 1 aliphatic heterocycles. The molecule has 1 aliphatic rings. The third-order valence-electron chi connectivity index (χ3n) is 3.42. The van der Waals surface area contributed by atoms with E-state index in [9.17, 15) is 9.59 Å². The van der Waals surface area contributed by atoms with Gasteiger partial charge in [0.05, 0.1) is 11.4 Å². The smallest absolute Gasteiger partial charge is 0.268 e. The molecule has 122 valence electrons. The molecule has 1 saturated heterocycles. The second kappa shape index (κ2) is 7.31. The molecule has 0 N–H and O–H groups in total. The molecule has 7 heteroatoms. The van der Waals surface area contributed by atoms with Crippen molar-refractivity contribution >= 4 is 68.1 Å². The summed E-state index contributed by atoms with van der Waals surface area (Å²) in [4.78, 5) is 26.3. The van der Waals surface area contributed by atoms with E-state index in [0.29, 0.717) is 20.5 Å². The van der Waals surface area contributed by atoms with Gasteiger partial charge in [0.2, 0.25) is 0 Å². The lowest BCUT2D eigenvalue weighted by Gasteiger charge is -2.14. The number of carbonyl (C=O) groups is 2. The lowest BCUT2D eigenvalue weighted by atomic mass is 10.2. The van der Waals surface area contributed by atoms with Gasteiger partial charge in [0.25, 0.3) is 11.1 Å². The summed E-state index contributed by atoms with van der Waals surface area (Å²) in [6, 6.07) is 12.6. The number of hydrogen-bond acceptors (Lipinski definition) is 3. The predicted octanol–water partition coefficient (Wildman–Crippen LogP) is 5.99. The van der Waals surface area contributed by atoms with Crippen molar-refractivity contribution in [1.29, 1.82) is 0 Å². The molecule has 0 atom stereocenters. The number of halogens is 3. The summed E-state index contributed by atoms with van der Waals surface area (Å²) in [7, 11) is 0. The van der Waals surface area contributed by atoms with Crippen molar-refractivity contribution in [3.05, 3.63) is 73.0 Å². The Hall–Kier alpha value is -1.27. The fraction of sp³-hybridized carbons (Fsp3) is 0.0588. The van der Waals surface area contributed by atoms with Gasteiger partial charge < -0.3 is 0 Å². The van der Waals surface area contributed by atoms with Gasteiger partial charge >= 0.3 is 0 Å². The van der Waals surface area contributed by atoms with Crippen LogP contribution < -0.4 is 0 Å². The van der Waals surface area contributed by atoms with Crippen LogP contribution in [-0.2, 0) is 11.3 Å². The van der Waals surface area contributed by atoms with E-state index in [2.05, 4.69) is 15.9 Å². The van der Waals surface area contributed by atoms with Crippen LogP contribution in [0.25, 0.3) is 6.08 Å². The summed E-state index contributed by atoms with van der Waals surface area (Å²) in [5.74, 6) is -0.344. The van der Waals surface area contributed by atoms with E-state index in [4.69, 9.17) is 23.2 Å². The van der Waals surface area contributed by atoms with Gasteiger partial charge in [0, 0.05) is 20.1 Å². The molecule has 0 unspecified atom stereocenters. The lowest BCUT2D eigenvalue weighted by molar-refractivity contribution is -0.123. The lowest BCUT2D eigenvalue weighted by Crippen LogP contribution is -2.27. The minimum atomic E-state index is -0.344. The standard InChI is InChI=1S/C17H10BrCl2NO2S/c18-11-6-4-10(5-7-11)8-15-16(22)21(17(23)24-15)9-12-13(19)2-1-3-14(12)20/h1-8H,9H2. The summed E-state index contributed by atoms with van der Waals surface area (Å²) < 4.78 is 0.945. The van der Waals surface area contributed by atoms with Gasteiger partial charge in [0.1, 0.15) is 0 Å². The van der Waals surface area contributed by atoms with Crippen molar-refractivity contribution in [2.75, 3.05) is 0 Å². The Labute approximate surface area is 161 Å². The highest BCUT2D eigenvalue weighted by Crippen LogP contribution is 2.35. The van der Waals surface area contributed by atoms with Crippen LogP contribution in [0.1, 0.15) is 11.1 Å². The fourth-order valence-electron chi connectivity index (χ4n) is 2.19. The Morgan fingerprint density at radius 2 is 1.67 bits per heavy atom. The van der Waals surface area contributed by atoms with E-state index >= 15 is 0 Å². The first-order valence-electron chi connectivity index (χ1n) is 6.89. The summed E-state index contributed by atoms with van der Waals surface area (Å²) in [5.41, 5.74) is 1.41. The number of rotatable bonds is 3. The third-order valence-corrected chi connectivity index (χ3v) is 5.56. The van der Waals surface area contributed by atoms with Crippen LogP contribution in [-0.4, -0.2) is 16.0 Å². The monoisotopic (exact) mass is 441 g/mol. The van der Waals surface area contributed by atoms with Gasteiger partial charge in [-0.1, -0.05) is 57.3 Å². The van der Waals surface area contributed by atoms with Gasteiger partial charge in [-0.15, -0.1) is 0 Å². The van der Waals surface area contributed by atoms with Crippen molar-refractivity contribution in [3.63, 3.8) is 0 Å². The third kappa shape index (κ3) is 3.70. The zero-order valence-electron chi connectivity index (χ0n) is 12.1. The summed E-state index contributed by atoms with van der Waals surface area (Å²) in [6.07, 6.45) is 1.70. The minimum absolute atomic E-state index is 0.0564. The number of amides is 2. The number of carbonyl (C=O) groups excluding carboxylic acids is 2. The Morgan fingerprint density at radius 3 is 2.29 bits per heavy atom. The van der Waals surface area contributed by atoms with Gasteiger partial charge in [0.15, 0.2) is 0 Å². The Bertz CT molecular complexity index is 832. The molecule has 2 amide bonds. The van der Waals surface area contributed by atoms with Crippen molar-refractivity contribution in [3.8, 4) is 0 Å². The number of thioether (sulfide) groups is 1. The van der Waals surface area contributed by atoms with Crippen LogP contribution in [0.2, 0.25) is 10.0 Å². The SMILES string of the molecule is O=C1SC(=Cc2ccc(Br)cc2)C(=O)N1Cc1c(Cl)cccc1Cl. The molecule has 3 nitrogen and oxygen atoms in total. The molecule has 0 saturated carbocycles. The van der Waals surface area contributed by atoms with Crippen LogP contribution in [0.4, 0.5) is 4.79 Å². The van der Waals surface area contributed by atoms with Crippen molar-refractivity contribution in [2.45, 2.75) is 6.54 Å². The van der Waals surface area contributed by atoms with Gasteiger partial charge in [-0.2, -0.15) is 0 Å². The minimum Gasteiger partial charge on any atom is -0.268 e. The van der Waals surface area contributed by atoms with E-state index < -0.39 is 0 Å². The molecule has 0 radical (unpaired) electrons. The van der Waals surface area contributed by atoms with Crippen molar-refractivity contribution in [2.24, 2.45) is 0 Å². The number of hydrogen-bond donors (Lipinski definition) is 0. The first kappa shape index (κ1) is 17.5. The van der Waals surface area contributed by atoms with E-state index in [0.717, 1.165) is 26.7 Å². The van der Waals surface area contributed by atoms with Crippen LogP contribution in [0.5, 0.6) is 0 Å². The molecular weight excluding hydrogens is 433 g/mol. The van der Waals surface area contributed by atoms with E-state index in [1.165, 1.54) is 0 Å². The number of imide groups is 1. The normalized spacial score (nSPS) is 16.3. The zero-order valence-corrected chi connectivity index (χ0v) is 16.0. The maximum atomic E-state index is 12.5. The Kier molecular flexibility index (Phi) is 5.35. The van der Waals surface area contributed by atoms with Gasteiger partial charge in [-0.05, 0) is 47.7 Å². The van der Waals surface area contributed by atoms with Crippen LogP contribution in [0, 0.1) is 0 Å². The first-order valence-corrected chi connectivity index (χ1v) is 9.26. The summed E-state index contributed by atoms with van der Waals surface area (Å²) >= 11 is 16.5. The van der Waals surface area contributed by atoms with Crippen molar-refractivity contribution in [1.82, 2.24) is 4.90 Å². The average molecular weight is 443 g/mol. The Balaban J connectivity index is 1.85. The summed E-state index contributed by atoms with van der Waals surface area (Å²) in [5, 5.41) is 0.524. The average Bonchev–Trinajstić information content (AvgIpc) is 2.80. The molecule has 1 heterocycles. The van der Waals surface area contributed by atoms with Crippen LogP contribution >= 0.6 is 50.9 Å². The zero-order chi connectivity index (χ0) is 17.3. The second-order valence-electron chi connectivity index (χ2n) is 5.02. The molecule has 0 aliphatic carbocycles. The Morgan fingerprint density at radius 1 is 1.04 bits per heavy atom. The first-order chi connectivity index (χ1) is 11.5. The highest BCUT2D eigenvalue weighted by atomic mass is 79.9. The fourth-order valence-corrected chi connectivity index (χ4v) is 3.81. The van der Waals surface area contributed by atoms with E-state index in [1.54, 1.807) is 24.3 Å². The topological polar surface area (TPSA) is 37.4 Å². The number of nitrogens with zero attached hydrogens (tertiary/aromatic N) is 1. The molecule has 2 aromatic rings. The predicted molar refractivity (Wildman–Crippen MR) is 102 cm³/mol. The summed E-state index contributed by atoms with van der Waals surface area (Å²) in [6.45, 7) is 0.0564. The molecule has 1 fully saturated rings. The largest absolute Gasteiger partial charge is 0.293 e. The molecular formula is C17H10BrCl2NO2S. The maximum Gasteiger partial charge on any atom is 0.293 e. The molecule has 24 heavy (non-hydrogen) atoms. The maximum absolute atomic E-state index is 12.5. The molecule has 2 aromatic carbocycles. The van der Waals surface area contributed by atoms with Crippen LogP contribution in [0.3, 0.4) is 0 Å². The number of benzene rings is 2. The van der Waals surface area contributed by atoms with Crippen molar-refractivity contribution < 1.29 is 9.59 Å². The van der Waals surface area contributed by atoms with Crippen LogP contribution in [0.15, 0.2) is 51.8 Å². The second-order valence-corrected chi connectivity index (χ2v) is 7.74. The van der Waals surface area contributed by atoms with Gasteiger partial charge in [-0.3, -0.25) is 14.5 Å². The quantitative estimate of drug-likeness (QED) is 0.547. The molecule has 0 aromatic heterocycles. The van der Waals surface area contributed by atoms with E-state index in [-0.39, 0.29) is 17.7 Å². The highest BCUT2D eigenvalue weighted by molar-refractivity contribution is 9.10.